The molecule has 0 spiro atoms. The van der Waals surface area contributed by atoms with Gasteiger partial charge in [-0.3, -0.25) is 0 Å². The number of phenolic OH excluding ortho intramolecular Hbond substituents is 1. The first-order chi connectivity index (χ1) is 10.9. The molecule has 0 saturated heterocycles. The number of aromatic carboxylic acids is 1. The Hall–Kier alpha value is -2.29. The summed E-state index contributed by atoms with van der Waals surface area (Å²) in [7, 11) is 0. The Morgan fingerprint density at radius 3 is 1.83 bits per heavy atom. The van der Waals surface area contributed by atoms with Gasteiger partial charge in [0.15, 0.2) is 0 Å². The number of carboxylic acid groups (broad SMARTS) is 1. The molecule has 0 bridgehead atoms. The minimum absolute atomic E-state index is 0.141. The highest BCUT2D eigenvalue weighted by Gasteiger charge is 2.27. The SMILES string of the molecule is CC(C)(C)c1cc(C(=O)O)c(-c2ccc(O)cc2)c(C(C)(C)C)c1. The Bertz CT molecular complexity index is 757. The lowest BCUT2D eigenvalue weighted by Gasteiger charge is -2.29. The quantitative estimate of drug-likeness (QED) is 0.782. The molecule has 0 unspecified atom stereocenters. The van der Waals surface area contributed by atoms with Crippen LogP contribution in [0.1, 0.15) is 63.0 Å². The van der Waals surface area contributed by atoms with Crippen LogP contribution in [0.4, 0.5) is 0 Å². The third kappa shape index (κ3) is 3.61. The summed E-state index contributed by atoms with van der Waals surface area (Å²) in [6, 6.07) is 10.6. The summed E-state index contributed by atoms with van der Waals surface area (Å²) in [4.78, 5) is 12.0. The summed E-state index contributed by atoms with van der Waals surface area (Å²) >= 11 is 0. The van der Waals surface area contributed by atoms with Crippen molar-refractivity contribution in [2.45, 2.75) is 52.4 Å². The van der Waals surface area contributed by atoms with E-state index in [0.29, 0.717) is 5.56 Å². The molecule has 0 aromatic heterocycles. The van der Waals surface area contributed by atoms with Crippen molar-refractivity contribution < 1.29 is 15.0 Å². The predicted octanol–water partition coefficient (Wildman–Crippen LogP) is 5.35. The molecule has 2 aromatic rings. The number of aromatic hydroxyl groups is 1. The van der Waals surface area contributed by atoms with Gasteiger partial charge in [-0.15, -0.1) is 0 Å². The average Bonchev–Trinajstić information content (AvgIpc) is 2.44. The van der Waals surface area contributed by atoms with Crippen molar-refractivity contribution in [3.63, 3.8) is 0 Å². The van der Waals surface area contributed by atoms with Gasteiger partial charge in [-0.2, -0.15) is 0 Å². The second-order valence-corrected chi connectivity index (χ2v) is 8.30. The molecule has 2 aromatic carbocycles. The molecule has 0 amide bonds. The Balaban J connectivity index is 2.89. The van der Waals surface area contributed by atoms with Crippen LogP contribution in [0.15, 0.2) is 36.4 Å². The van der Waals surface area contributed by atoms with Crippen LogP contribution >= 0.6 is 0 Å². The zero-order chi connectivity index (χ0) is 18.3. The van der Waals surface area contributed by atoms with Gasteiger partial charge >= 0.3 is 5.97 Å². The number of rotatable bonds is 2. The zero-order valence-corrected chi connectivity index (χ0v) is 15.3. The van der Waals surface area contributed by atoms with Crippen molar-refractivity contribution >= 4 is 5.97 Å². The Morgan fingerprint density at radius 1 is 0.875 bits per heavy atom. The van der Waals surface area contributed by atoms with Crippen molar-refractivity contribution in [2.24, 2.45) is 0 Å². The van der Waals surface area contributed by atoms with Crippen LogP contribution in [0, 0.1) is 0 Å². The van der Waals surface area contributed by atoms with E-state index in [9.17, 15) is 15.0 Å². The molecule has 0 atom stereocenters. The molecule has 3 heteroatoms. The van der Waals surface area contributed by atoms with E-state index in [1.807, 2.05) is 0 Å². The minimum Gasteiger partial charge on any atom is -0.508 e. The van der Waals surface area contributed by atoms with Gasteiger partial charge in [-0.05, 0) is 51.3 Å². The van der Waals surface area contributed by atoms with Crippen molar-refractivity contribution in [1.82, 2.24) is 0 Å². The number of phenols is 1. The number of carboxylic acids is 1. The fourth-order valence-electron chi connectivity index (χ4n) is 2.77. The molecular formula is C21H26O3. The molecule has 0 aliphatic rings. The van der Waals surface area contributed by atoms with Crippen LogP contribution in [-0.2, 0) is 10.8 Å². The Morgan fingerprint density at radius 2 is 1.42 bits per heavy atom. The van der Waals surface area contributed by atoms with Gasteiger partial charge in [0.05, 0.1) is 5.56 Å². The fraction of sp³-hybridized carbons (Fsp3) is 0.381. The topological polar surface area (TPSA) is 57.5 Å². The Labute approximate surface area is 144 Å². The number of hydrogen-bond donors (Lipinski definition) is 2. The van der Waals surface area contributed by atoms with Gasteiger partial charge in [-0.25, -0.2) is 4.79 Å². The summed E-state index contributed by atoms with van der Waals surface area (Å²) < 4.78 is 0. The minimum atomic E-state index is -0.935. The van der Waals surface area contributed by atoms with Gasteiger partial charge < -0.3 is 10.2 Å². The molecule has 24 heavy (non-hydrogen) atoms. The number of hydrogen-bond acceptors (Lipinski definition) is 2. The molecule has 0 fully saturated rings. The van der Waals surface area contributed by atoms with Gasteiger partial charge in [0.25, 0.3) is 0 Å². The Kier molecular flexibility index (Phi) is 4.49. The number of carbonyl (C=O) groups is 1. The maximum atomic E-state index is 12.0. The van der Waals surface area contributed by atoms with E-state index in [1.165, 1.54) is 0 Å². The monoisotopic (exact) mass is 326 g/mol. The third-order valence-electron chi connectivity index (χ3n) is 4.20. The zero-order valence-electron chi connectivity index (χ0n) is 15.3. The van der Waals surface area contributed by atoms with Crippen molar-refractivity contribution in [3.8, 4) is 16.9 Å². The molecular weight excluding hydrogens is 300 g/mol. The van der Waals surface area contributed by atoms with Gasteiger partial charge in [0.1, 0.15) is 5.75 Å². The van der Waals surface area contributed by atoms with Crippen LogP contribution in [0.25, 0.3) is 11.1 Å². The fourth-order valence-corrected chi connectivity index (χ4v) is 2.77. The highest BCUT2D eigenvalue weighted by molar-refractivity contribution is 5.97. The van der Waals surface area contributed by atoms with E-state index in [0.717, 1.165) is 22.3 Å². The van der Waals surface area contributed by atoms with Crippen molar-refractivity contribution in [1.29, 1.82) is 0 Å². The van der Waals surface area contributed by atoms with E-state index in [1.54, 1.807) is 30.3 Å². The summed E-state index contributed by atoms with van der Waals surface area (Å²) in [6.45, 7) is 12.5. The molecule has 0 aliphatic heterocycles. The van der Waals surface area contributed by atoms with E-state index >= 15 is 0 Å². The third-order valence-corrected chi connectivity index (χ3v) is 4.20. The smallest absolute Gasteiger partial charge is 0.336 e. The largest absolute Gasteiger partial charge is 0.508 e. The standard InChI is InChI=1S/C21H26O3/c1-20(2,3)14-11-16(19(23)24)18(17(12-14)21(4,5)6)13-7-9-15(22)10-8-13/h7-12,22H,1-6H3,(H,23,24). The summed E-state index contributed by atoms with van der Waals surface area (Å²) in [6.07, 6.45) is 0. The molecule has 0 heterocycles. The molecule has 0 aliphatic carbocycles. The second-order valence-electron chi connectivity index (χ2n) is 8.30. The molecule has 128 valence electrons. The lowest BCUT2D eigenvalue weighted by molar-refractivity contribution is 0.0697. The molecule has 0 radical (unpaired) electrons. The van der Waals surface area contributed by atoms with Gasteiger partial charge in [0.2, 0.25) is 0 Å². The second kappa shape index (κ2) is 5.97. The van der Waals surface area contributed by atoms with Crippen molar-refractivity contribution in [2.75, 3.05) is 0 Å². The first-order valence-electron chi connectivity index (χ1n) is 8.13. The van der Waals surface area contributed by atoms with Crippen molar-refractivity contribution in [3.05, 3.63) is 53.1 Å². The lowest BCUT2D eigenvalue weighted by atomic mass is 9.75. The van der Waals surface area contributed by atoms with E-state index in [-0.39, 0.29) is 16.6 Å². The van der Waals surface area contributed by atoms with Crippen LogP contribution in [0.3, 0.4) is 0 Å². The molecule has 0 saturated carbocycles. The van der Waals surface area contributed by atoms with Crippen LogP contribution in [-0.4, -0.2) is 16.2 Å². The molecule has 3 nitrogen and oxygen atoms in total. The average molecular weight is 326 g/mol. The highest BCUT2D eigenvalue weighted by atomic mass is 16.4. The van der Waals surface area contributed by atoms with E-state index in [4.69, 9.17) is 0 Å². The molecule has 2 rings (SSSR count). The number of benzene rings is 2. The predicted molar refractivity (Wildman–Crippen MR) is 97.9 cm³/mol. The maximum Gasteiger partial charge on any atom is 0.336 e. The normalized spacial score (nSPS) is 12.2. The maximum absolute atomic E-state index is 12.0. The highest BCUT2D eigenvalue weighted by Crippen LogP contribution is 2.39. The van der Waals surface area contributed by atoms with Gasteiger partial charge in [-0.1, -0.05) is 59.7 Å². The lowest BCUT2D eigenvalue weighted by Crippen LogP contribution is -2.20. The summed E-state index contributed by atoms with van der Waals surface area (Å²) in [5.74, 6) is -0.770. The first-order valence-corrected chi connectivity index (χ1v) is 8.13. The summed E-state index contributed by atoms with van der Waals surface area (Å²) in [5, 5.41) is 19.4. The van der Waals surface area contributed by atoms with Crippen LogP contribution in [0.2, 0.25) is 0 Å². The molecule has 2 N–H and O–H groups in total. The van der Waals surface area contributed by atoms with Crippen LogP contribution < -0.4 is 0 Å². The van der Waals surface area contributed by atoms with Crippen LogP contribution in [0.5, 0.6) is 5.75 Å². The van der Waals surface area contributed by atoms with Gasteiger partial charge in [0, 0.05) is 0 Å². The van der Waals surface area contributed by atoms with E-state index in [2.05, 4.69) is 47.6 Å². The summed E-state index contributed by atoms with van der Waals surface area (Å²) in [5.41, 5.74) is 3.48. The first kappa shape index (κ1) is 18.1. The van der Waals surface area contributed by atoms with E-state index < -0.39 is 5.97 Å².